The van der Waals surface area contributed by atoms with E-state index < -0.39 is 5.76 Å². The number of rotatable bonds is 3. The van der Waals surface area contributed by atoms with E-state index in [-0.39, 0.29) is 24.2 Å². The highest BCUT2D eigenvalue weighted by molar-refractivity contribution is 5.93. The fourth-order valence-electron chi connectivity index (χ4n) is 2.39. The Morgan fingerprint density at radius 3 is 2.68 bits per heavy atom. The Balaban J connectivity index is 0.00000176. The molecule has 3 rings (SSSR count). The number of hydrogen-bond acceptors (Lipinski definition) is 5. The van der Waals surface area contributed by atoms with Crippen LogP contribution in [0.5, 0.6) is 0 Å². The van der Waals surface area contributed by atoms with E-state index in [1.54, 1.807) is 24.3 Å². The van der Waals surface area contributed by atoms with Crippen LogP contribution in [0.15, 0.2) is 33.6 Å². The molecule has 1 atom stereocenters. The highest BCUT2D eigenvalue weighted by atomic mass is 35.5. The summed E-state index contributed by atoms with van der Waals surface area (Å²) < 4.78 is 4.46. The SMILES string of the molecule is Cl.O=C(Nc1ccc(-c2noc(=O)[nH]2)cc1)C1CCCNC1. The van der Waals surface area contributed by atoms with Crippen LogP contribution in [-0.2, 0) is 4.79 Å². The first kappa shape index (κ1) is 16.3. The number of nitrogens with zero attached hydrogens (tertiary/aromatic N) is 1. The molecule has 118 valence electrons. The fourth-order valence-corrected chi connectivity index (χ4v) is 2.39. The predicted octanol–water partition coefficient (Wildman–Crippen LogP) is 1.39. The molecule has 1 fully saturated rings. The molecule has 0 spiro atoms. The molecule has 1 aromatic heterocycles. The summed E-state index contributed by atoms with van der Waals surface area (Å²) in [6.07, 6.45) is 1.94. The molecule has 0 aliphatic carbocycles. The quantitative estimate of drug-likeness (QED) is 0.792. The molecule has 2 heterocycles. The molecular weight excluding hydrogens is 308 g/mol. The minimum atomic E-state index is -0.591. The number of hydrogen-bond donors (Lipinski definition) is 3. The summed E-state index contributed by atoms with van der Waals surface area (Å²) in [5, 5.41) is 9.73. The Bertz CT molecular complexity index is 674. The van der Waals surface area contributed by atoms with Crippen molar-refractivity contribution in [2.45, 2.75) is 12.8 Å². The number of nitrogens with one attached hydrogen (secondary N) is 3. The molecule has 22 heavy (non-hydrogen) atoms. The van der Waals surface area contributed by atoms with Gasteiger partial charge < -0.3 is 10.6 Å². The van der Waals surface area contributed by atoms with Gasteiger partial charge in [-0.15, -0.1) is 12.4 Å². The predicted molar refractivity (Wildman–Crippen MR) is 84.0 cm³/mol. The molecule has 8 heteroatoms. The largest absolute Gasteiger partial charge is 0.439 e. The monoisotopic (exact) mass is 324 g/mol. The van der Waals surface area contributed by atoms with E-state index in [9.17, 15) is 9.59 Å². The fraction of sp³-hybridized carbons (Fsp3) is 0.357. The van der Waals surface area contributed by atoms with Gasteiger partial charge in [0, 0.05) is 17.8 Å². The van der Waals surface area contributed by atoms with Crippen LogP contribution >= 0.6 is 12.4 Å². The minimum absolute atomic E-state index is 0. The Morgan fingerprint density at radius 1 is 1.32 bits per heavy atom. The molecule has 0 radical (unpaired) electrons. The summed E-state index contributed by atoms with van der Waals surface area (Å²) in [6.45, 7) is 1.71. The Kier molecular flexibility index (Phi) is 5.35. The van der Waals surface area contributed by atoms with Crippen LogP contribution in [0.25, 0.3) is 11.4 Å². The minimum Gasteiger partial charge on any atom is -0.326 e. The van der Waals surface area contributed by atoms with E-state index in [0.717, 1.165) is 37.2 Å². The third kappa shape index (κ3) is 3.75. The van der Waals surface area contributed by atoms with E-state index in [1.807, 2.05) is 0 Å². The molecule has 1 aliphatic rings. The molecule has 0 bridgehead atoms. The Hall–Kier alpha value is -2.12. The second-order valence-electron chi connectivity index (χ2n) is 5.05. The van der Waals surface area contributed by atoms with Crippen LogP contribution in [0.4, 0.5) is 5.69 Å². The average molecular weight is 325 g/mol. The Morgan fingerprint density at radius 2 is 2.09 bits per heavy atom. The van der Waals surface area contributed by atoms with Gasteiger partial charge in [-0.3, -0.25) is 14.3 Å². The van der Waals surface area contributed by atoms with Crippen molar-refractivity contribution in [3.05, 3.63) is 34.8 Å². The normalized spacial score (nSPS) is 17.5. The number of H-pyrrole nitrogens is 1. The van der Waals surface area contributed by atoms with Crippen molar-refractivity contribution in [2.24, 2.45) is 5.92 Å². The summed E-state index contributed by atoms with van der Waals surface area (Å²) in [5.74, 6) is -0.170. The highest BCUT2D eigenvalue weighted by Crippen LogP contribution is 2.18. The maximum atomic E-state index is 12.1. The van der Waals surface area contributed by atoms with Gasteiger partial charge in [0.15, 0.2) is 5.82 Å². The number of carbonyl (C=O) groups is 1. The zero-order valence-corrected chi connectivity index (χ0v) is 12.6. The van der Waals surface area contributed by atoms with Gasteiger partial charge in [0.2, 0.25) is 5.91 Å². The number of carbonyl (C=O) groups excluding carboxylic acids is 1. The maximum absolute atomic E-state index is 12.1. The summed E-state index contributed by atoms with van der Waals surface area (Å²) in [5.41, 5.74) is 1.44. The van der Waals surface area contributed by atoms with E-state index in [0.29, 0.717) is 5.82 Å². The standard InChI is InChI=1S/C14H16N4O3.ClH/c19-13(10-2-1-7-15-8-10)16-11-5-3-9(4-6-11)12-17-14(20)21-18-12;/h3-6,10,15H,1-2,7-8H2,(H,16,19)(H,17,18,20);1H. The molecule has 3 N–H and O–H groups in total. The third-order valence-corrected chi connectivity index (χ3v) is 3.53. The molecule has 7 nitrogen and oxygen atoms in total. The molecule has 1 unspecified atom stereocenters. The molecule has 0 saturated carbocycles. The lowest BCUT2D eigenvalue weighted by Crippen LogP contribution is -2.37. The van der Waals surface area contributed by atoms with E-state index in [1.165, 1.54) is 0 Å². The zero-order valence-electron chi connectivity index (χ0n) is 11.8. The molecule has 1 saturated heterocycles. The van der Waals surface area contributed by atoms with E-state index in [4.69, 9.17) is 0 Å². The second kappa shape index (κ2) is 7.24. The first-order valence-corrected chi connectivity index (χ1v) is 6.90. The number of aromatic amines is 1. The van der Waals surface area contributed by atoms with Gasteiger partial charge in [-0.25, -0.2) is 4.79 Å². The first-order chi connectivity index (χ1) is 10.2. The number of amides is 1. The first-order valence-electron chi connectivity index (χ1n) is 6.90. The smallest absolute Gasteiger partial charge is 0.326 e. The summed E-state index contributed by atoms with van der Waals surface area (Å²) in [7, 11) is 0. The van der Waals surface area contributed by atoms with Crippen molar-refractivity contribution < 1.29 is 9.32 Å². The van der Waals surface area contributed by atoms with Crippen LogP contribution in [0.1, 0.15) is 12.8 Å². The van der Waals surface area contributed by atoms with Gasteiger partial charge in [-0.2, -0.15) is 0 Å². The van der Waals surface area contributed by atoms with E-state index in [2.05, 4.69) is 25.3 Å². The third-order valence-electron chi connectivity index (χ3n) is 3.53. The zero-order chi connectivity index (χ0) is 14.7. The van der Waals surface area contributed by atoms with Crippen LogP contribution in [0.2, 0.25) is 0 Å². The number of benzene rings is 1. The number of piperidine rings is 1. The topological polar surface area (TPSA) is 100 Å². The van der Waals surface area contributed by atoms with Gasteiger partial charge in [-0.05, 0) is 43.7 Å². The van der Waals surface area contributed by atoms with Crippen LogP contribution < -0.4 is 16.4 Å². The summed E-state index contributed by atoms with van der Waals surface area (Å²) in [6, 6.07) is 7.08. The molecule has 1 amide bonds. The average Bonchev–Trinajstić information content (AvgIpc) is 2.95. The lowest BCUT2D eigenvalue weighted by atomic mass is 9.99. The van der Waals surface area contributed by atoms with Crippen molar-refractivity contribution >= 4 is 24.0 Å². The van der Waals surface area contributed by atoms with Crippen LogP contribution in [0.3, 0.4) is 0 Å². The van der Waals surface area contributed by atoms with Gasteiger partial charge in [0.25, 0.3) is 0 Å². The van der Waals surface area contributed by atoms with Gasteiger partial charge in [-0.1, -0.05) is 5.16 Å². The highest BCUT2D eigenvalue weighted by Gasteiger charge is 2.20. The van der Waals surface area contributed by atoms with Gasteiger partial charge >= 0.3 is 5.76 Å². The van der Waals surface area contributed by atoms with Crippen LogP contribution in [-0.4, -0.2) is 29.1 Å². The molecule has 1 aliphatic heterocycles. The summed E-state index contributed by atoms with van der Waals surface area (Å²) >= 11 is 0. The molecule has 1 aromatic carbocycles. The Labute approximate surface area is 132 Å². The van der Waals surface area contributed by atoms with Crippen molar-refractivity contribution in [1.29, 1.82) is 0 Å². The number of aromatic nitrogens is 2. The van der Waals surface area contributed by atoms with Crippen molar-refractivity contribution in [3.63, 3.8) is 0 Å². The number of halogens is 1. The van der Waals surface area contributed by atoms with Crippen LogP contribution in [0, 0.1) is 5.92 Å². The lowest BCUT2D eigenvalue weighted by molar-refractivity contribution is -0.120. The van der Waals surface area contributed by atoms with Crippen molar-refractivity contribution in [1.82, 2.24) is 15.5 Å². The lowest BCUT2D eigenvalue weighted by Gasteiger charge is -2.21. The molecule has 2 aromatic rings. The van der Waals surface area contributed by atoms with Crippen molar-refractivity contribution in [2.75, 3.05) is 18.4 Å². The van der Waals surface area contributed by atoms with E-state index >= 15 is 0 Å². The molecular formula is C14H17ClN4O3. The van der Waals surface area contributed by atoms with Gasteiger partial charge in [0.1, 0.15) is 0 Å². The number of anilines is 1. The van der Waals surface area contributed by atoms with Gasteiger partial charge in [0.05, 0.1) is 5.92 Å². The van der Waals surface area contributed by atoms with Crippen molar-refractivity contribution in [3.8, 4) is 11.4 Å². The second-order valence-corrected chi connectivity index (χ2v) is 5.05. The summed E-state index contributed by atoms with van der Waals surface area (Å²) in [4.78, 5) is 25.5. The maximum Gasteiger partial charge on any atom is 0.439 e.